The Morgan fingerprint density at radius 2 is 2.44 bits per heavy atom. The molecule has 1 aromatic heterocycles. The van der Waals surface area contributed by atoms with Crippen LogP contribution >= 0.6 is 0 Å². The Balaban J connectivity index is 1.94. The van der Waals surface area contributed by atoms with Crippen molar-refractivity contribution in [2.75, 3.05) is 25.6 Å². The molecule has 1 atom stereocenters. The lowest BCUT2D eigenvalue weighted by molar-refractivity contribution is 0.172. The number of anilines is 1. The Kier molecular flexibility index (Phi) is 3.61. The maximum atomic E-state index is 11.8. The standard InChI is InChI=1S/C11H16N4O3/c1-11(4-6-18-7-11)15-9(16)13-8-3-5-12-10(14-8)17-2/h3,5H,4,6-7H2,1-2H3,(H2,12,13,14,15,16). The molecule has 18 heavy (non-hydrogen) atoms. The molecule has 2 heterocycles. The summed E-state index contributed by atoms with van der Waals surface area (Å²) in [6.07, 6.45) is 2.31. The summed E-state index contributed by atoms with van der Waals surface area (Å²) in [4.78, 5) is 19.6. The molecule has 0 spiro atoms. The third-order valence-electron chi connectivity index (χ3n) is 2.69. The summed E-state index contributed by atoms with van der Waals surface area (Å²) in [5.74, 6) is 0.391. The van der Waals surface area contributed by atoms with E-state index in [1.165, 1.54) is 13.3 Å². The molecular formula is C11H16N4O3. The normalized spacial score (nSPS) is 22.6. The van der Waals surface area contributed by atoms with E-state index in [0.29, 0.717) is 19.0 Å². The number of ether oxygens (including phenoxy) is 2. The van der Waals surface area contributed by atoms with Gasteiger partial charge in [-0.1, -0.05) is 0 Å². The third-order valence-corrected chi connectivity index (χ3v) is 2.69. The molecule has 2 amide bonds. The van der Waals surface area contributed by atoms with E-state index >= 15 is 0 Å². The average molecular weight is 252 g/mol. The monoisotopic (exact) mass is 252 g/mol. The van der Waals surface area contributed by atoms with E-state index in [2.05, 4.69) is 20.6 Å². The molecule has 0 bridgehead atoms. The maximum absolute atomic E-state index is 11.8. The van der Waals surface area contributed by atoms with E-state index in [4.69, 9.17) is 9.47 Å². The van der Waals surface area contributed by atoms with Crippen LogP contribution in [0.4, 0.5) is 10.6 Å². The Bertz CT molecular complexity index is 432. The van der Waals surface area contributed by atoms with Crippen molar-refractivity contribution in [3.8, 4) is 6.01 Å². The fourth-order valence-corrected chi connectivity index (χ4v) is 1.70. The van der Waals surface area contributed by atoms with Crippen molar-refractivity contribution in [3.63, 3.8) is 0 Å². The Hall–Kier alpha value is -1.89. The van der Waals surface area contributed by atoms with Crippen molar-refractivity contribution in [1.29, 1.82) is 0 Å². The van der Waals surface area contributed by atoms with Crippen molar-refractivity contribution < 1.29 is 14.3 Å². The quantitative estimate of drug-likeness (QED) is 0.830. The summed E-state index contributed by atoms with van der Waals surface area (Å²) >= 11 is 0. The minimum absolute atomic E-state index is 0.211. The van der Waals surface area contributed by atoms with Gasteiger partial charge in [-0.25, -0.2) is 9.78 Å². The first-order valence-electron chi connectivity index (χ1n) is 5.65. The number of carbonyl (C=O) groups is 1. The molecule has 0 radical (unpaired) electrons. The molecule has 1 aliphatic rings. The first-order chi connectivity index (χ1) is 8.61. The van der Waals surface area contributed by atoms with Gasteiger partial charge < -0.3 is 14.8 Å². The van der Waals surface area contributed by atoms with Crippen LogP contribution in [-0.2, 0) is 4.74 Å². The van der Waals surface area contributed by atoms with Gasteiger partial charge in [-0.05, 0) is 19.4 Å². The number of hydrogen-bond acceptors (Lipinski definition) is 5. The molecule has 1 unspecified atom stereocenters. The third kappa shape index (κ3) is 3.07. The highest BCUT2D eigenvalue weighted by molar-refractivity contribution is 5.88. The Morgan fingerprint density at radius 1 is 1.61 bits per heavy atom. The minimum atomic E-state index is -0.318. The first-order valence-corrected chi connectivity index (χ1v) is 5.65. The highest BCUT2D eigenvalue weighted by atomic mass is 16.5. The lowest BCUT2D eigenvalue weighted by Crippen LogP contribution is -2.48. The summed E-state index contributed by atoms with van der Waals surface area (Å²) in [5, 5.41) is 5.50. The topological polar surface area (TPSA) is 85.4 Å². The molecule has 2 N–H and O–H groups in total. The molecular weight excluding hydrogens is 236 g/mol. The fraction of sp³-hybridized carbons (Fsp3) is 0.545. The van der Waals surface area contributed by atoms with Gasteiger partial charge >= 0.3 is 12.0 Å². The molecule has 0 aromatic carbocycles. The lowest BCUT2D eigenvalue weighted by atomic mass is 10.0. The molecule has 1 aliphatic heterocycles. The molecule has 7 nitrogen and oxygen atoms in total. The predicted octanol–water partition coefficient (Wildman–Crippen LogP) is 0.786. The van der Waals surface area contributed by atoms with Crippen molar-refractivity contribution in [2.24, 2.45) is 0 Å². The van der Waals surface area contributed by atoms with Crippen LogP contribution in [0.1, 0.15) is 13.3 Å². The predicted molar refractivity (Wildman–Crippen MR) is 64.6 cm³/mol. The van der Waals surface area contributed by atoms with Gasteiger partial charge in [-0.15, -0.1) is 0 Å². The van der Waals surface area contributed by atoms with Crippen LogP contribution in [-0.4, -0.2) is 41.9 Å². The number of amides is 2. The van der Waals surface area contributed by atoms with Gasteiger partial charge in [0, 0.05) is 12.8 Å². The second kappa shape index (κ2) is 5.18. The number of urea groups is 1. The van der Waals surface area contributed by atoms with E-state index in [0.717, 1.165) is 6.42 Å². The van der Waals surface area contributed by atoms with Crippen LogP contribution in [0.5, 0.6) is 6.01 Å². The zero-order valence-corrected chi connectivity index (χ0v) is 10.4. The Morgan fingerprint density at radius 3 is 3.11 bits per heavy atom. The molecule has 0 saturated carbocycles. The average Bonchev–Trinajstić information content (AvgIpc) is 2.75. The van der Waals surface area contributed by atoms with Crippen LogP contribution in [0, 0.1) is 0 Å². The molecule has 98 valence electrons. The molecule has 2 rings (SSSR count). The van der Waals surface area contributed by atoms with Crippen LogP contribution in [0.15, 0.2) is 12.3 Å². The van der Waals surface area contributed by atoms with Crippen molar-refractivity contribution in [1.82, 2.24) is 15.3 Å². The van der Waals surface area contributed by atoms with Crippen LogP contribution in [0.2, 0.25) is 0 Å². The maximum Gasteiger partial charge on any atom is 0.320 e. The van der Waals surface area contributed by atoms with E-state index in [-0.39, 0.29) is 17.6 Å². The van der Waals surface area contributed by atoms with Crippen molar-refractivity contribution in [2.45, 2.75) is 18.9 Å². The van der Waals surface area contributed by atoms with Gasteiger partial charge in [0.05, 0.1) is 19.3 Å². The van der Waals surface area contributed by atoms with Gasteiger partial charge in [0.1, 0.15) is 5.82 Å². The number of aromatic nitrogens is 2. The zero-order valence-electron chi connectivity index (χ0n) is 10.4. The van der Waals surface area contributed by atoms with E-state index < -0.39 is 0 Å². The molecule has 7 heteroatoms. The summed E-state index contributed by atoms with van der Waals surface area (Å²) in [6, 6.07) is 1.49. The van der Waals surface area contributed by atoms with Crippen molar-refractivity contribution >= 4 is 11.8 Å². The number of nitrogens with one attached hydrogen (secondary N) is 2. The molecule has 0 aliphatic carbocycles. The number of carbonyl (C=O) groups excluding carboxylic acids is 1. The van der Waals surface area contributed by atoms with Crippen molar-refractivity contribution in [3.05, 3.63) is 12.3 Å². The first kappa shape index (κ1) is 12.6. The van der Waals surface area contributed by atoms with Gasteiger partial charge in [-0.3, -0.25) is 5.32 Å². The van der Waals surface area contributed by atoms with E-state index in [9.17, 15) is 4.79 Å². The highest BCUT2D eigenvalue weighted by Gasteiger charge is 2.31. The summed E-state index contributed by atoms with van der Waals surface area (Å²) in [7, 11) is 1.47. The van der Waals surface area contributed by atoms with Gasteiger partial charge in [0.2, 0.25) is 0 Å². The SMILES string of the molecule is COc1nccc(NC(=O)NC2(C)CCOC2)n1. The smallest absolute Gasteiger partial charge is 0.320 e. The number of rotatable bonds is 3. The summed E-state index contributed by atoms with van der Waals surface area (Å²) in [5.41, 5.74) is -0.318. The fourth-order valence-electron chi connectivity index (χ4n) is 1.70. The van der Waals surface area contributed by atoms with Gasteiger partial charge in [0.25, 0.3) is 0 Å². The summed E-state index contributed by atoms with van der Waals surface area (Å²) in [6.45, 7) is 3.13. The molecule has 1 fully saturated rings. The second-order valence-electron chi connectivity index (χ2n) is 4.37. The molecule has 1 aromatic rings. The van der Waals surface area contributed by atoms with Gasteiger partial charge in [-0.2, -0.15) is 4.98 Å². The minimum Gasteiger partial charge on any atom is -0.467 e. The van der Waals surface area contributed by atoms with Gasteiger partial charge in [0.15, 0.2) is 0 Å². The van der Waals surface area contributed by atoms with Crippen LogP contribution in [0.3, 0.4) is 0 Å². The lowest BCUT2D eigenvalue weighted by Gasteiger charge is -2.23. The van der Waals surface area contributed by atoms with E-state index in [1.54, 1.807) is 6.07 Å². The Labute approximate surface area is 105 Å². The van der Waals surface area contributed by atoms with E-state index in [1.807, 2.05) is 6.92 Å². The second-order valence-corrected chi connectivity index (χ2v) is 4.37. The largest absolute Gasteiger partial charge is 0.467 e. The number of methoxy groups -OCH3 is 1. The molecule has 1 saturated heterocycles. The summed E-state index contributed by atoms with van der Waals surface area (Å²) < 4.78 is 10.1. The number of nitrogens with zero attached hydrogens (tertiary/aromatic N) is 2. The van der Waals surface area contributed by atoms with Crippen LogP contribution < -0.4 is 15.4 Å². The zero-order chi connectivity index (χ0) is 13.0. The van der Waals surface area contributed by atoms with Crippen LogP contribution in [0.25, 0.3) is 0 Å². The highest BCUT2D eigenvalue weighted by Crippen LogP contribution is 2.17. The number of hydrogen-bond donors (Lipinski definition) is 2.